The zero-order chi connectivity index (χ0) is 9.54. The summed E-state index contributed by atoms with van der Waals surface area (Å²) in [5, 5.41) is 4.43. The van der Waals surface area contributed by atoms with Crippen LogP contribution in [-0.4, -0.2) is 14.6 Å². The van der Waals surface area contributed by atoms with Crippen LogP contribution in [0.1, 0.15) is 5.69 Å². The smallest absolute Gasteiger partial charge is 0.191 e. The van der Waals surface area contributed by atoms with Gasteiger partial charge in [-0.15, -0.1) is 4.98 Å². The molecule has 68 valence electrons. The Labute approximate surface area is 80.5 Å². The van der Waals surface area contributed by atoms with Crippen molar-refractivity contribution in [1.82, 2.24) is 14.6 Å². The molecule has 0 aliphatic rings. The highest BCUT2D eigenvalue weighted by Crippen LogP contribution is 2.00. The molecule has 3 aromatic heterocycles. The van der Waals surface area contributed by atoms with E-state index in [0.717, 1.165) is 17.1 Å². The third kappa shape index (κ3) is 0.849. The van der Waals surface area contributed by atoms with Crippen LogP contribution >= 0.6 is 0 Å². The summed E-state index contributed by atoms with van der Waals surface area (Å²) in [5.74, 6) is 0.848. The molecule has 3 aromatic rings. The number of nitrogens with zero attached hydrogens (tertiary/aromatic N) is 4. The third-order valence-corrected chi connectivity index (χ3v) is 2.29. The van der Waals surface area contributed by atoms with Crippen LogP contribution < -0.4 is 4.40 Å². The first-order valence-electron chi connectivity index (χ1n) is 4.47. The highest BCUT2D eigenvalue weighted by atomic mass is 15.3. The van der Waals surface area contributed by atoms with E-state index in [0.29, 0.717) is 0 Å². The van der Waals surface area contributed by atoms with Crippen LogP contribution in [-0.2, 0) is 0 Å². The van der Waals surface area contributed by atoms with E-state index in [4.69, 9.17) is 0 Å². The summed E-state index contributed by atoms with van der Waals surface area (Å²) in [6.45, 7) is 2.02. The van der Waals surface area contributed by atoms with Gasteiger partial charge in [-0.25, -0.2) is 0 Å². The summed E-state index contributed by atoms with van der Waals surface area (Å²) < 4.78 is 3.81. The average molecular weight is 185 g/mol. The Hall–Kier alpha value is -1.97. The van der Waals surface area contributed by atoms with Crippen LogP contribution in [0.15, 0.2) is 36.7 Å². The first-order valence-corrected chi connectivity index (χ1v) is 4.47. The van der Waals surface area contributed by atoms with Crippen LogP contribution in [0.3, 0.4) is 0 Å². The lowest BCUT2D eigenvalue weighted by Crippen LogP contribution is -2.20. The number of pyridine rings is 1. The fourth-order valence-electron chi connectivity index (χ4n) is 1.57. The third-order valence-electron chi connectivity index (χ3n) is 2.29. The van der Waals surface area contributed by atoms with E-state index >= 15 is 0 Å². The van der Waals surface area contributed by atoms with Gasteiger partial charge in [-0.1, -0.05) is 10.6 Å². The molecule has 0 N–H and O–H groups in total. The quantitative estimate of drug-likeness (QED) is 0.485. The SMILES string of the molecule is Cc1ccnc2n1nc1cccc[n+]12. The Bertz CT molecular complexity index is 612. The lowest BCUT2D eigenvalue weighted by atomic mass is 10.5. The molecule has 0 aliphatic heterocycles. The number of aryl methyl sites for hydroxylation is 1. The maximum atomic E-state index is 4.43. The Morgan fingerprint density at radius 3 is 3.14 bits per heavy atom. The summed E-state index contributed by atoms with van der Waals surface area (Å²) in [4.78, 5) is 4.29. The van der Waals surface area contributed by atoms with E-state index in [1.54, 1.807) is 6.20 Å². The van der Waals surface area contributed by atoms with Crippen molar-refractivity contribution in [2.45, 2.75) is 6.92 Å². The van der Waals surface area contributed by atoms with Crippen LogP contribution in [0.5, 0.6) is 0 Å². The zero-order valence-corrected chi connectivity index (χ0v) is 7.75. The lowest BCUT2D eigenvalue weighted by molar-refractivity contribution is -0.485. The predicted octanol–water partition coefficient (Wildman–Crippen LogP) is 0.776. The van der Waals surface area contributed by atoms with E-state index in [9.17, 15) is 0 Å². The van der Waals surface area contributed by atoms with E-state index in [1.807, 2.05) is 46.3 Å². The molecular formula is C10H9N4+. The van der Waals surface area contributed by atoms with Gasteiger partial charge in [0.15, 0.2) is 0 Å². The van der Waals surface area contributed by atoms with Crippen molar-refractivity contribution >= 4 is 11.4 Å². The molecule has 0 amide bonds. The van der Waals surface area contributed by atoms with Crippen molar-refractivity contribution in [3.8, 4) is 0 Å². The second kappa shape index (κ2) is 2.51. The Kier molecular flexibility index (Phi) is 1.33. The first kappa shape index (κ1) is 7.44. The number of hydrogen-bond donors (Lipinski definition) is 0. The van der Waals surface area contributed by atoms with Gasteiger partial charge in [-0.05, 0) is 13.0 Å². The molecule has 0 spiro atoms. The molecule has 0 fully saturated rings. The van der Waals surface area contributed by atoms with Gasteiger partial charge >= 0.3 is 5.78 Å². The summed E-state index contributed by atoms with van der Waals surface area (Å²) in [5.41, 5.74) is 1.99. The normalized spacial score (nSPS) is 11.2. The highest BCUT2D eigenvalue weighted by Gasteiger charge is 2.13. The molecule has 0 saturated carbocycles. The van der Waals surface area contributed by atoms with Crippen LogP contribution in [0.2, 0.25) is 0 Å². The number of fused-ring (bicyclic) bond motifs is 3. The minimum absolute atomic E-state index is 0.848. The predicted molar refractivity (Wildman–Crippen MR) is 50.9 cm³/mol. The minimum Gasteiger partial charge on any atom is -0.191 e. The molecule has 14 heavy (non-hydrogen) atoms. The standard InChI is InChI=1S/C10H9N4/c1-8-5-6-11-10-13-7-3-2-4-9(13)12-14(8)10/h2-7H,1H3/q+1. The number of rotatable bonds is 0. The Morgan fingerprint density at radius 2 is 2.21 bits per heavy atom. The topological polar surface area (TPSA) is 34.3 Å². The van der Waals surface area contributed by atoms with Gasteiger partial charge in [0.1, 0.15) is 5.69 Å². The zero-order valence-electron chi connectivity index (χ0n) is 7.75. The average Bonchev–Trinajstić information content (AvgIpc) is 2.59. The van der Waals surface area contributed by atoms with Gasteiger partial charge in [0.25, 0.3) is 5.65 Å². The summed E-state index contributed by atoms with van der Waals surface area (Å²) in [7, 11) is 0. The van der Waals surface area contributed by atoms with Crippen molar-refractivity contribution < 1.29 is 4.40 Å². The molecule has 0 unspecified atom stereocenters. The lowest BCUT2D eigenvalue weighted by Gasteiger charge is -1.86. The van der Waals surface area contributed by atoms with Crippen LogP contribution in [0.25, 0.3) is 11.4 Å². The van der Waals surface area contributed by atoms with Gasteiger partial charge < -0.3 is 0 Å². The van der Waals surface area contributed by atoms with Gasteiger partial charge in [-0.3, -0.25) is 0 Å². The second-order valence-corrected chi connectivity index (χ2v) is 3.23. The molecule has 4 heteroatoms. The minimum atomic E-state index is 0.848. The number of aromatic nitrogens is 4. The molecule has 0 bridgehead atoms. The largest absolute Gasteiger partial charge is 0.391 e. The van der Waals surface area contributed by atoms with E-state index < -0.39 is 0 Å². The molecular weight excluding hydrogens is 176 g/mol. The maximum absolute atomic E-state index is 4.43. The molecule has 0 saturated heterocycles. The molecule has 0 aromatic carbocycles. The Balaban J connectivity index is 2.63. The first-order chi connectivity index (χ1) is 6.86. The molecule has 0 atom stereocenters. The van der Waals surface area contributed by atoms with Gasteiger partial charge in [0, 0.05) is 17.2 Å². The molecule has 3 heterocycles. The van der Waals surface area contributed by atoms with Crippen molar-refractivity contribution in [3.05, 3.63) is 42.4 Å². The molecule has 0 radical (unpaired) electrons. The van der Waals surface area contributed by atoms with Gasteiger partial charge in [0.2, 0.25) is 0 Å². The van der Waals surface area contributed by atoms with Gasteiger partial charge in [-0.2, -0.15) is 4.40 Å². The highest BCUT2D eigenvalue weighted by molar-refractivity contribution is 5.34. The van der Waals surface area contributed by atoms with E-state index in [1.165, 1.54) is 0 Å². The Morgan fingerprint density at radius 1 is 1.29 bits per heavy atom. The maximum Gasteiger partial charge on any atom is 0.391 e. The van der Waals surface area contributed by atoms with E-state index in [-0.39, 0.29) is 0 Å². The molecule has 0 aliphatic carbocycles. The van der Waals surface area contributed by atoms with Crippen molar-refractivity contribution in [2.75, 3.05) is 0 Å². The summed E-state index contributed by atoms with van der Waals surface area (Å²) in [6, 6.07) is 7.85. The second-order valence-electron chi connectivity index (χ2n) is 3.23. The summed E-state index contributed by atoms with van der Waals surface area (Å²) >= 11 is 0. The fourth-order valence-corrected chi connectivity index (χ4v) is 1.57. The van der Waals surface area contributed by atoms with Crippen molar-refractivity contribution in [2.24, 2.45) is 0 Å². The van der Waals surface area contributed by atoms with Crippen LogP contribution in [0.4, 0.5) is 0 Å². The summed E-state index contributed by atoms with van der Waals surface area (Å²) in [6.07, 6.45) is 3.76. The number of hydrogen-bond acceptors (Lipinski definition) is 2. The van der Waals surface area contributed by atoms with Crippen molar-refractivity contribution in [1.29, 1.82) is 0 Å². The van der Waals surface area contributed by atoms with Crippen LogP contribution in [0, 0.1) is 6.92 Å². The molecule has 4 nitrogen and oxygen atoms in total. The monoisotopic (exact) mass is 185 g/mol. The van der Waals surface area contributed by atoms with Crippen molar-refractivity contribution in [3.63, 3.8) is 0 Å². The van der Waals surface area contributed by atoms with E-state index in [2.05, 4.69) is 10.1 Å². The molecule has 3 rings (SSSR count). The van der Waals surface area contributed by atoms with Gasteiger partial charge in [0.05, 0.1) is 12.4 Å². The fraction of sp³-hybridized carbons (Fsp3) is 0.100.